The number of nitrogens with two attached hydrogens (primary N) is 1. The van der Waals surface area contributed by atoms with Crippen molar-refractivity contribution >= 4 is 18.4 Å². The van der Waals surface area contributed by atoms with Crippen molar-refractivity contribution in [3.05, 3.63) is 59.7 Å². The van der Waals surface area contributed by atoms with E-state index in [-0.39, 0.29) is 18.4 Å². The maximum absolute atomic E-state index is 11.6. The highest BCUT2D eigenvalue weighted by molar-refractivity contribution is 5.90. The van der Waals surface area contributed by atoms with Crippen LogP contribution >= 0.6 is 12.4 Å². The number of esters is 1. The molecule has 0 heterocycles. The molecule has 0 saturated heterocycles. The van der Waals surface area contributed by atoms with Crippen molar-refractivity contribution in [2.45, 2.75) is 13.3 Å². The van der Waals surface area contributed by atoms with Crippen molar-refractivity contribution in [3.63, 3.8) is 0 Å². The number of benzene rings is 2. The molecule has 0 unspecified atom stereocenters. The topological polar surface area (TPSA) is 52.3 Å². The first-order valence-corrected chi connectivity index (χ1v) is 6.81. The zero-order valence-corrected chi connectivity index (χ0v) is 12.9. The van der Waals surface area contributed by atoms with Crippen molar-refractivity contribution in [1.82, 2.24) is 0 Å². The molecule has 0 saturated carbocycles. The monoisotopic (exact) mass is 305 g/mol. The van der Waals surface area contributed by atoms with E-state index in [1.807, 2.05) is 12.1 Å². The standard InChI is InChI=1S/C17H19NO2.ClH/c1-2-20-17(19)16-9-7-15(8-10-16)14-5-3-13(4-6-14)11-12-18;/h3-10H,2,11-12,18H2,1H3;1H. The summed E-state index contributed by atoms with van der Waals surface area (Å²) < 4.78 is 4.97. The van der Waals surface area contributed by atoms with Gasteiger partial charge >= 0.3 is 5.97 Å². The summed E-state index contributed by atoms with van der Waals surface area (Å²) in [7, 11) is 0. The average molecular weight is 306 g/mol. The third-order valence-electron chi connectivity index (χ3n) is 3.12. The summed E-state index contributed by atoms with van der Waals surface area (Å²) >= 11 is 0. The van der Waals surface area contributed by atoms with Crippen LogP contribution in [-0.4, -0.2) is 19.1 Å². The lowest BCUT2D eigenvalue weighted by Crippen LogP contribution is -2.04. The Balaban J connectivity index is 0.00000220. The number of rotatable bonds is 5. The molecular weight excluding hydrogens is 286 g/mol. The van der Waals surface area contributed by atoms with Gasteiger partial charge in [0.25, 0.3) is 0 Å². The molecule has 0 aliphatic carbocycles. The van der Waals surface area contributed by atoms with Crippen LogP contribution in [0.2, 0.25) is 0 Å². The second-order valence-corrected chi connectivity index (χ2v) is 4.53. The molecule has 2 N–H and O–H groups in total. The second kappa shape index (κ2) is 8.45. The van der Waals surface area contributed by atoms with Crippen LogP contribution in [-0.2, 0) is 11.2 Å². The maximum Gasteiger partial charge on any atom is 0.338 e. The molecule has 4 heteroatoms. The Morgan fingerprint density at radius 3 is 2.00 bits per heavy atom. The van der Waals surface area contributed by atoms with E-state index in [4.69, 9.17) is 10.5 Å². The molecule has 0 atom stereocenters. The fourth-order valence-corrected chi connectivity index (χ4v) is 2.04. The van der Waals surface area contributed by atoms with Gasteiger partial charge in [-0.15, -0.1) is 12.4 Å². The predicted octanol–water partition coefficient (Wildman–Crippen LogP) is 3.45. The molecule has 112 valence electrons. The lowest BCUT2D eigenvalue weighted by molar-refractivity contribution is 0.0526. The Kier molecular flexibility index (Phi) is 6.92. The van der Waals surface area contributed by atoms with E-state index < -0.39 is 0 Å². The van der Waals surface area contributed by atoms with Crippen LogP contribution in [0.4, 0.5) is 0 Å². The summed E-state index contributed by atoms with van der Waals surface area (Å²) in [6.07, 6.45) is 0.891. The van der Waals surface area contributed by atoms with Crippen molar-refractivity contribution in [3.8, 4) is 11.1 Å². The van der Waals surface area contributed by atoms with Crippen LogP contribution in [0.5, 0.6) is 0 Å². The van der Waals surface area contributed by atoms with E-state index >= 15 is 0 Å². The number of ether oxygens (including phenoxy) is 1. The van der Waals surface area contributed by atoms with Gasteiger partial charge in [-0.05, 0) is 48.7 Å². The highest BCUT2D eigenvalue weighted by atomic mass is 35.5. The molecule has 0 bridgehead atoms. The molecule has 0 amide bonds. The molecule has 0 spiro atoms. The van der Waals surface area contributed by atoms with Crippen LogP contribution in [0.3, 0.4) is 0 Å². The SMILES string of the molecule is CCOC(=O)c1ccc(-c2ccc(CCN)cc2)cc1.Cl. The number of hydrogen-bond donors (Lipinski definition) is 1. The van der Waals surface area contributed by atoms with Gasteiger partial charge < -0.3 is 10.5 Å². The number of carbonyl (C=O) groups excluding carboxylic acids is 1. The molecule has 0 aliphatic heterocycles. The molecule has 0 aliphatic rings. The minimum absolute atomic E-state index is 0. The predicted molar refractivity (Wildman–Crippen MR) is 87.8 cm³/mol. The molecule has 21 heavy (non-hydrogen) atoms. The maximum atomic E-state index is 11.6. The van der Waals surface area contributed by atoms with Crippen LogP contribution in [0, 0.1) is 0 Å². The summed E-state index contributed by atoms with van der Waals surface area (Å²) in [6, 6.07) is 15.8. The van der Waals surface area contributed by atoms with E-state index in [1.165, 1.54) is 5.56 Å². The Morgan fingerprint density at radius 1 is 1.00 bits per heavy atom. The van der Waals surface area contributed by atoms with E-state index in [2.05, 4.69) is 24.3 Å². The summed E-state index contributed by atoms with van der Waals surface area (Å²) in [5, 5.41) is 0. The van der Waals surface area contributed by atoms with Crippen molar-refractivity contribution in [1.29, 1.82) is 0 Å². The Hall–Kier alpha value is -1.84. The van der Waals surface area contributed by atoms with Crippen molar-refractivity contribution < 1.29 is 9.53 Å². The van der Waals surface area contributed by atoms with Gasteiger partial charge in [0.1, 0.15) is 0 Å². The first-order chi connectivity index (χ1) is 9.74. The fraction of sp³-hybridized carbons (Fsp3) is 0.235. The fourth-order valence-electron chi connectivity index (χ4n) is 2.04. The van der Waals surface area contributed by atoms with Crippen LogP contribution in [0.15, 0.2) is 48.5 Å². The summed E-state index contributed by atoms with van der Waals surface area (Å²) in [5.41, 5.74) is 9.56. The summed E-state index contributed by atoms with van der Waals surface area (Å²) in [5.74, 6) is -0.280. The molecule has 0 radical (unpaired) electrons. The molecular formula is C17H20ClNO2. The number of halogens is 1. The lowest BCUT2D eigenvalue weighted by Gasteiger charge is -2.05. The van der Waals surface area contributed by atoms with E-state index in [1.54, 1.807) is 19.1 Å². The third-order valence-corrected chi connectivity index (χ3v) is 3.12. The molecule has 2 rings (SSSR count). The van der Waals surface area contributed by atoms with Gasteiger partial charge in [0, 0.05) is 0 Å². The summed E-state index contributed by atoms with van der Waals surface area (Å²) in [6.45, 7) is 2.85. The lowest BCUT2D eigenvalue weighted by atomic mass is 10.0. The largest absolute Gasteiger partial charge is 0.462 e. The van der Waals surface area contributed by atoms with E-state index in [0.29, 0.717) is 18.7 Å². The molecule has 0 aromatic heterocycles. The zero-order valence-electron chi connectivity index (χ0n) is 12.0. The minimum Gasteiger partial charge on any atom is -0.462 e. The smallest absolute Gasteiger partial charge is 0.338 e. The van der Waals surface area contributed by atoms with Crippen molar-refractivity contribution in [2.75, 3.05) is 13.2 Å². The van der Waals surface area contributed by atoms with Gasteiger partial charge in [-0.25, -0.2) is 4.79 Å². The van der Waals surface area contributed by atoms with Gasteiger partial charge in [-0.2, -0.15) is 0 Å². The average Bonchev–Trinajstić information content (AvgIpc) is 2.49. The van der Waals surface area contributed by atoms with Crippen LogP contribution in [0.1, 0.15) is 22.8 Å². The van der Waals surface area contributed by atoms with Gasteiger partial charge in [0.15, 0.2) is 0 Å². The number of hydrogen-bond acceptors (Lipinski definition) is 3. The zero-order chi connectivity index (χ0) is 14.4. The first kappa shape index (κ1) is 17.2. The van der Waals surface area contributed by atoms with E-state index in [0.717, 1.165) is 17.5 Å². The van der Waals surface area contributed by atoms with Crippen LogP contribution < -0.4 is 5.73 Å². The van der Waals surface area contributed by atoms with Gasteiger partial charge in [0.05, 0.1) is 12.2 Å². The molecule has 3 nitrogen and oxygen atoms in total. The van der Waals surface area contributed by atoms with E-state index in [9.17, 15) is 4.79 Å². The molecule has 0 fully saturated rings. The normalized spacial score (nSPS) is 9.81. The molecule has 2 aromatic rings. The second-order valence-electron chi connectivity index (χ2n) is 4.53. The highest BCUT2D eigenvalue weighted by Crippen LogP contribution is 2.20. The first-order valence-electron chi connectivity index (χ1n) is 6.81. The number of carbonyl (C=O) groups is 1. The minimum atomic E-state index is -0.280. The van der Waals surface area contributed by atoms with Crippen molar-refractivity contribution in [2.24, 2.45) is 5.73 Å². The third kappa shape index (κ3) is 4.59. The van der Waals surface area contributed by atoms with Gasteiger partial charge in [0.2, 0.25) is 0 Å². The highest BCUT2D eigenvalue weighted by Gasteiger charge is 2.06. The Morgan fingerprint density at radius 2 is 1.52 bits per heavy atom. The summed E-state index contributed by atoms with van der Waals surface area (Å²) in [4.78, 5) is 11.6. The Labute approximate surface area is 131 Å². The van der Waals surface area contributed by atoms with Crippen LogP contribution in [0.25, 0.3) is 11.1 Å². The molecule has 2 aromatic carbocycles. The quantitative estimate of drug-likeness (QED) is 0.861. The Bertz CT molecular complexity index is 564. The van der Waals surface area contributed by atoms with Gasteiger partial charge in [-0.3, -0.25) is 0 Å². The van der Waals surface area contributed by atoms with Gasteiger partial charge in [-0.1, -0.05) is 36.4 Å².